The van der Waals surface area contributed by atoms with E-state index in [1.54, 1.807) is 10.6 Å². The van der Waals surface area contributed by atoms with Gasteiger partial charge >= 0.3 is 6.09 Å². The Morgan fingerprint density at radius 1 is 1.30 bits per heavy atom. The van der Waals surface area contributed by atoms with Gasteiger partial charge in [-0.1, -0.05) is 12.1 Å². The van der Waals surface area contributed by atoms with Gasteiger partial charge < -0.3 is 15.8 Å². The molecule has 4 rings (SSSR count). The van der Waals surface area contributed by atoms with Gasteiger partial charge in [-0.25, -0.2) is 9.38 Å². The molecule has 0 saturated carbocycles. The van der Waals surface area contributed by atoms with E-state index >= 15 is 0 Å². The number of rotatable bonds is 3. The lowest BCUT2D eigenvalue weighted by Gasteiger charge is -2.30. The average Bonchev–Trinajstić information content (AvgIpc) is 2.73. The van der Waals surface area contributed by atoms with Crippen molar-refractivity contribution in [2.24, 2.45) is 16.6 Å². The number of hydrogen-bond donors (Lipinski definition) is 2. The van der Waals surface area contributed by atoms with Crippen molar-refractivity contribution in [3.8, 4) is 0 Å². The van der Waals surface area contributed by atoms with Gasteiger partial charge in [0.1, 0.15) is 23.3 Å². The van der Waals surface area contributed by atoms with Gasteiger partial charge in [0, 0.05) is 29.8 Å². The van der Waals surface area contributed by atoms with Crippen LogP contribution in [0.2, 0.25) is 0 Å². The molecule has 3 N–H and O–H groups in total. The number of amides is 1. The van der Waals surface area contributed by atoms with Crippen LogP contribution in [0.4, 0.5) is 9.18 Å². The van der Waals surface area contributed by atoms with Crippen molar-refractivity contribution in [2.75, 3.05) is 6.54 Å². The SMILES string of the molecule is Cc1cccc(F)c1C1=CC(N[C@H]2C=[N+](C(=O)OC(C)(C)C)CCC2)=C2C=C(N)N=CC2C1. The Bertz CT molecular complexity index is 1100. The molecule has 174 valence electrons. The fourth-order valence-electron chi connectivity index (χ4n) is 4.52. The number of nitrogens with two attached hydrogens (primary N) is 1. The maximum atomic E-state index is 14.8. The summed E-state index contributed by atoms with van der Waals surface area (Å²) in [5.41, 5.74) is 9.80. The van der Waals surface area contributed by atoms with Gasteiger partial charge in [0.05, 0.1) is 0 Å². The monoisotopic (exact) mass is 451 g/mol. The number of aliphatic imine (C=N–C) groups is 1. The molecule has 0 bridgehead atoms. The highest BCUT2D eigenvalue weighted by atomic mass is 19.1. The van der Waals surface area contributed by atoms with Gasteiger partial charge in [-0.3, -0.25) is 0 Å². The van der Waals surface area contributed by atoms with Crippen molar-refractivity contribution in [3.05, 3.63) is 64.4 Å². The average molecular weight is 452 g/mol. The molecule has 0 fully saturated rings. The number of ether oxygens (including phenoxy) is 1. The van der Waals surface area contributed by atoms with Gasteiger partial charge in [-0.2, -0.15) is 4.79 Å². The maximum Gasteiger partial charge on any atom is 0.596 e. The summed E-state index contributed by atoms with van der Waals surface area (Å²) in [6.07, 6.45) is 9.64. The van der Waals surface area contributed by atoms with Crippen LogP contribution < -0.4 is 11.1 Å². The minimum absolute atomic E-state index is 0.00403. The molecule has 2 heterocycles. The number of fused-ring (bicyclic) bond motifs is 1. The summed E-state index contributed by atoms with van der Waals surface area (Å²) in [5.74, 6) is 0.221. The summed E-state index contributed by atoms with van der Waals surface area (Å²) in [7, 11) is 0. The fraction of sp³-hybridized carbons (Fsp3) is 0.423. The van der Waals surface area contributed by atoms with Crippen LogP contribution in [0.5, 0.6) is 0 Å². The largest absolute Gasteiger partial charge is 0.596 e. The zero-order chi connectivity index (χ0) is 23.8. The molecule has 2 aliphatic heterocycles. The number of nitrogens with zero attached hydrogens (tertiary/aromatic N) is 2. The molecular weight excluding hydrogens is 419 g/mol. The van der Waals surface area contributed by atoms with Gasteiger partial charge in [-0.15, -0.1) is 4.58 Å². The lowest BCUT2D eigenvalue weighted by atomic mass is 9.81. The molecule has 1 amide bonds. The highest BCUT2D eigenvalue weighted by molar-refractivity contribution is 5.82. The predicted molar refractivity (Wildman–Crippen MR) is 129 cm³/mol. The van der Waals surface area contributed by atoms with E-state index in [0.29, 0.717) is 24.4 Å². The third kappa shape index (κ3) is 5.24. The zero-order valence-electron chi connectivity index (χ0n) is 19.7. The number of nitrogens with one attached hydrogen (secondary N) is 1. The standard InChI is InChI=1S/C26H32FN4O2/c1-16-7-5-9-21(27)24(16)17-11-18-14-29-23(28)13-20(18)22(12-17)30-19-8-6-10-31(15-19)25(32)33-26(2,3)4/h5,7,9,12-15,18-19,30H,6,8,10-11,28H2,1-4H3/q+1/t18?,19-/m1/s1. The second kappa shape index (κ2) is 8.96. The van der Waals surface area contributed by atoms with E-state index < -0.39 is 5.60 Å². The van der Waals surface area contributed by atoms with E-state index in [4.69, 9.17) is 10.5 Å². The van der Waals surface area contributed by atoms with Crippen molar-refractivity contribution in [3.63, 3.8) is 0 Å². The molecule has 0 saturated heterocycles. The number of aryl methyl sites for hydroxylation is 1. The molecule has 1 aliphatic carbocycles. The van der Waals surface area contributed by atoms with Gasteiger partial charge in [0.15, 0.2) is 12.8 Å². The lowest BCUT2D eigenvalue weighted by Crippen LogP contribution is -2.42. The van der Waals surface area contributed by atoms with Crippen molar-refractivity contribution in [2.45, 2.75) is 58.6 Å². The lowest BCUT2D eigenvalue weighted by molar-refractivity contribution is -0.452. The fourth-order valence-corrected chi connectivity index (χ4v) is 4.52. The maximum absolute atomic E-state index is 14.8. The van der Waals surface area contributed by atoms with Gasteiger partial charge in [0.25, 0.3) is 0 Å². The normalized spacial score (nSPS) is 22.8. The third-order valence-electron chi connectivity index (χ3n) is 5.96. The molecule has 1 unspecified atom stereocenters. The Morgan fingerprint density at radius 3 is 2.82 bits per heavy atom. The first kappa shape index (κ1) is 23.0. The number of allylic oxidation sites excluding steroid dienone is 4. The van der Waals surface area contributed by atoms with Crippen molar-refractivity contribution < 1.29 is 18.5 Å². The number of benzene rings is 1. The van der Waals surface area contributed by atoms with Crippen LogP contribution in [0.25, 0.3) is 5.57 Å². The van der Waals surface area contributed by atoms with E-state index in [1.165, 1.54) is 6.07 Å². The molecular formula is C26H32FN4O2+. The Hall–Kier alpha value is -3.22. The molecule has 1 aromatic carbocycles. The molecule has 33 heavy (non-hydrogen) atoms. The van der Waals surface area contributed by atoms with E-state index in [0.717, 1.165) is 35.2 Å². The van der Waals surface area contributed by atoms with Gasteiger partial charge in [0.2, 0.25) is 0 Å². The van der Waals surface area contributed by atoms with Crippen molar-refractivity contribution >= 4 is 24.1 Å². The van der Waals surface area contributed by atoms with Crippen LogP contribution in [0, 0.1) is 18.7 Å². The highest BCUT2D eigenvalue weighted by Crippen LogP contribution is 2.38. The van der Waals surface area contributed by atoms with Crippen LogP contribution >= 0.6 is 0 Å². The molecule has 6 nitrogen and oxygen atoms in total. The second-order valence-corrected chi connectivity index (χ2v) is 9.84. The minimum atomic E-state index is -0.550. The Morgan fingerprint density at radius 2 is 2.09 bits per heavy atom. The van der Waals surface area contributed by atoms with Crippen LogP contribution in [-0.2, 0) is 4.74 Å². The molecule has 2 atom stereocenters. The summed E-state index contributed by atoms with van der Waals surface area (Å²) in [4.78, 5) is 16.9. The molecule has 1 aromatic rings. The van der Waals surface area contributed by atoms with E-state index in [9.17, 15) is 9.18 Å². The van der Waals surface area contributed by atoms with Crippen LogP contribution in [-0.4, -0.2) is 41.3 Å². The summed E-state index contributed by atoms with van der Waals surface area (Å²) < 4.78 is 21.9. The summed E-state index contributed by atoms with van der Waals surface area (Å²) >= 11 is 0. The van der Waals surface area contributed by atoms with E-state index in [2.05, 4.69) is 10.3 Å². The number of carbonyl (C=O) groups is 1. The van der Waals surface area contributed by atoms with Crippen molar-refractivity contribution in [1.82, 2.24) is 5.32 Å². The topological polar surface area (TPSA) is 79.7 Å². The predicted octanol–water partition coefficient (Wildman–Crippen LogP) is 4.45. The molecule has 7 heteroatoms. The second-order valence-electron chi connectivity index (χ2n) is 9.84. The number of halogens is 1. The summed E-state index contributed by atoms with van der Waals surface area (Å²) in [6.45, 7) is 8.12. The first-order valence-corrected chi connectivity index (χ1v) is 11.4. The number of hydrogen-bond acceptors (Lipinski definition) is 5. The molecule has 3 aliphatic rings. The zero-order valence-corrected chi connectivity index (χ0v) is 19.7. The molecule has 0 spiro atoms. The third-order valence-corrected chi connectivity index (χ3v) is 5.96. The van der Waals surface area contributed by atoms with Crippen molar-refractivity contribution in [1.29, 1.82) is 0 Å². The Balaban J connectivity index is 1.68. The first-order valence-electron chi connectivity index (χ1n) is 11.4. The number of carbonyl (C=O) groups excluding carboxylic acids is 1. The van der Waals surface area contributed by atoms with Crippen LogP contribution in [0.15, 0.2) is 52.4 Å². The molecule has 0 aromatic heterocycles. The Labute approximate surface area is 194 Å². The highest BCUT2D eigenvalue weighted by Gasteiger charge is 2.32. The van der Waals surface area contributed by atoms with Crippen LogP contribution in [0.3, 0.4) is 0 Å². The minimum Gasteiger partial charge on any atom is -0.406 e. The van der Waals surface area contributed by atoms with Gasteiger partial charge in [-0.05, 0) is 75.5 Å². The summed E-state index contributed by atoms with van der Waals surface area (Å²) in [6, 6.07) is 5.08. The Kier molecular flexibility index (Phi) is 6.23. The molecule has 0 radical (unpaired) electrons. The summed E-state index contributed by atoms with van der Waals surface area (Å²) in [5, 5.41) is 3.58. The quantitative estimate of drug-likeness (QED) is 0.666. The smallest absolute Gasteiger partial charge is 0.406 e. The van der Waals surface area contributed by atoms with E-state index in [1.807, 2.05) is 58.3 Å². The van der Waals surface area contributed by atoms with Crippen LogP contribution in [0.1, 0.15) is 51.2 Å². The van der Waals surface area contributed by atoms with E-state index in [-0.39, 0.29) is 23.9 Å². The first-order chi connectivity index (χ1) is 15.6.